The smallest absolute Gasteiger partial charge is 0.251 e. The topological polar surface area (TPSA) is 113 Å². The molecule has 0 atom stereocenters. The lowest BCUT2D eigenvalue weighted by atomic mass is 10.2. The van der Waals surface area contributed by atoms with Gasteiger partial charge in [-0.1, -0.05) is 29.3 Å². The number of sulfonamides is 2. The highest BCUT2D eigenvalue weighted by atomic mass is 35.5. The zero-order valence-electron chi connectivity index (χ0n) is 16.1. The van der Waals surface area contributed by atoms with Crippen molar-refractivity contribution >= 4 is 43.2 Å². The van der Waals surface area contributed by atoms with Crippen LogP contribution in [0.1, 0.15) is 15.9 Å². The molecule has 0 aromatic heterocycles. The molecule has 0 saturated carbocycles. The molecule has 0 radical (unpaired) electrons. The van der Waals surface area contributed by atoms with Gasteiger partial charge in [0.2, 0.25) is 20.0 Å². The van der Waals surface area contributed by atoms with Crippen LogP contribution in [0.3, 0.4) is 0 Å². The fourth-order valence-electron chi connectivity index (χ4n) is 2.34. The van der Waals surface area contributed by atoms with Crippen molar-refractivity contribution in [1.29, 1.82) is 0 Å². The number of amides is 1. The van der Waals surface area contributed by atoms with E-state index in [9.17, 15) is 21.6 Å². The molecule has 0 spiro atoms. The molecule has 0 saturated heterocycles. The van der Waals surface area contributed by atoms with Crippen LogP contribution in [0.2, 0.25) is 5.02 Å². The first-order valence-corrected chi connectivity index (χ1v) is 12.2. The van der Waals surface area contributed by atoms with E-state index < -0.39 is 26.0 Å². The molecule has 2 aromatic carbocycles. The minimum atomic E-state index is -3.67. The molecule has 29 heavy (non-hydrogen) atoms. The van der Waals surface area contributed by atoms with E-state index in [1.54, 1.807) is 12.1 Å². The number of anilines is 1. The van der Waals surface area contributed by atoms with Gasteiger partial charge in [0.15, 0.2) is 0 Å². The quantitative estimate of drug-likeness (QED) is 0.584. The Bertz CT molecular complexity index is 1100. The maximum atomic E-state index is 12.3. The van der Waals surface area contributed by atoms with E-state index in [0.29, 0.717) is 0 Å². The lowest BCUT2D eigenvalue weighted by molar-refractivity contribution is 0.0954. The molecule has 2 aromatic rings. The number of hydrogen-bond acceptors (Lipinski definition) is 5. The van der Waals surface area contributed by atoms with Gasteiger partial charge < -0.3 is 5.32 Å². The Hall–Kier alpha value is -2.14. The van der Waals surface area contributed by atoms with Gasteiger partial charge in [-0.25, -0.2) is 21.6 Å². The van der Waals surface area contributed by atoms with Crippen molar-refractivity contribution in [3.05, 3.63) is 58.6 Å². The molecule has 1 amide bonds. The second-order valence-corrected chi connectivity index (χ2v) is 10.6. The Morgan fingerprint density at radius 3 is 2.24 bits per heavy atom. The third kappa shape index (κ3) is 6.17. The van der Waals surface area contributed by atoms with Gasteiger partial charge in [0.25, 0.3) is 5.91 Å². The Balaban J connectivity index is 1.98. The maximum Gasteiger partial charge on any atom is 0.251 e. The molecule has 0 bridgehead atoms. The summed E-state index contributed by atoms with van der Waals surface area (Å²) in [6, 6.07) is 10.6. The first-order valence-electron chi connectivity index (χ1n) is 8.50. The van der Waals surface area contributed by atoms with Crippen LogP contribution in [0.25, 0.3) is 0 Å². The van der Waals surface area contributed by atoms with Crippen molar-refractivity contribution in [3.8, 4) is 0 Å². The fraction of sp³-hybridized carbons (Fsp3) is 0.278. The van der Waals surface area contributed by atoms with Gasteiger partial charge in [-0.3, -0.25) is 9.10 Å². The summed E-state index contributed by atoms with van der Waals surface area (Å²) in [6.45, 7) is 1.89. The van der Waals surface area contributed by atoms with Crippen molar-refractivity contribution in [2.24, 2.45) is 0 Å². The molecule has 158 valence electrons. The summed E-state index contributed by atoms with van der Waals surface area (Å²) in [5.41, 5.74) is 1.31. The second-order valence-electron chi connectivity index (χ2n) is 6.36. The summed E-state index contributed by atoms with van der Waals surface area (Å²) >= 11 is 6.03. The Labute approximate surface area is 176 Å². The Kier molecular flexibility index (Phi) is 7.28. The van der Waals surface area contributed by atoms with Crippen LogP contribution in [-0.4, -0.2) is 49.1 Å². The number of carbonyl (C=O) groups excluding carboxylic acids is 1. The van der Waals surface area contributed by atoms with Crippen molar-refractivity contribution in [3.63, 3.8) is 0 Å². The van der Waals surface area contributed by atoms with Gasteiger partial charge in [0.1, 0.15) is 0 Å². The monoisotopic (exact) mass is 459 g/mol. The van der Waals surface area contributed by atoms with Gasteiger partial charge in [-0.2, -0.15) is 0 Å². The average Bonchev–Trinajstić information content (AvgIpc) is 2.64. The number of nitrogens with zero attached hydrogens (tertiary/aromatic N) is 1. The standard InChI is InChI=1S/C18H22ClN3O5S2/c1-13-4-7-15(8-5-13)29(26,27)21-11-10-20-18(23)14-6-9-16(19)17(12-14)22(2)28(3,24)25/h4-9,12,21H,10-11H2,1-3H3,(H,20,23). The van der Waals surface area contributed by atoms with Crippen LogP contribution >= 0.6 is 11.6 Å². The van der Waals surface area contributed by atoms with E-state index in [1.165, 1.54) is 37.4 Å². The highest BCUT2D eigenvalue weighted by Crippen LogP contribution is 2.27. The van der Waals surface area contributed by atoms with E-state index in [-0.39, 0.29) is 34.3 Å². The number of nitrogens with one attached hydrogen (secondary N) is 2. The zero-order chi connectivity index (χ0) is 21.8. The Morgan fingerprint density at radius 2 is 1.66 bits per heavy atom. The van der Waals surface area contributed by atoms with Crippen LogP contribution in [0.15, 0.2) is 47.4 Å². The van der Waals surface area contributed by atoms with E-state index >= 15 is 0 Å². The molecule has 0 unspecified atom stereocenters. The third-order valence-electron chi connectivity index (χ3n) is 4.08. The molecular weight excluding hydrogens is 438 g/mol. The maximum absolute atomic E-state index is 12.3. The first kappa shape index (κ1) is 23.1. The van der Waals surface area contributed by atoms with Crippen LogP contribution in [0, 0.1) is 6.92 Å². The molecule has 0 aliphatic rings. The van der Waals surface area contributed by atoms with Crippen LogP contribution in [-0.2, 0) is 20.0 Å². The predicted octanol–water partition coefficient (Wildman–Crippen LogP) is 1.75. The van der Waals surface area contributed by atoms with Gasteiger partial charge >= 0.3 is 0 Å². The lowest BCUT2D eigenvalue weighted by Gasteiger charge is -2.18. The van der Waals surface area contributed by atoms with Crippen LogP contribution in [0.4, 0.5) is 5.69 Å². The molecule has 0 fully saturated rings. The number of benzene rings is 2. The van der Waals surface area contributed by atoms with Crippen molar-refractivity contribution in [1.82, 2.24) is 10.0 Å². The molecule has 11 heteroatoms. The Morgan fingerprint density at radius 1 is 1.03 bits per heavy atom. The second kappa shape index (κ2) is 9.12. The van der Waals surface area contributed by atoms with Crippen molar-refractivity contribution in [2.45, 2.75) is 11.8 Å². The first-order chi connectivity index (χ1) is 13.4. The van der Waals surface area contributed by atoms with E-state index in [1.807, 2.05) is 6.92 Å². The van der Waals surface area contributed by atoms with Gasteiger partial charge in [0.05, 0.1) is 21.9 Å². The zero-order valence-corrected chi connectivity index (χ0v) is 18.5. The lowest BCUT2D eigenvalue weighted by Crippen LogP contribution is -2.34. The van der Waals surface area contributed by atoms with E-state index in [2.05, 4.69) is 10.0 Å². The minimum Gasteiger partial charge on any atom is -0.351 e. The van der Waals surface area contributed by atoms with E-state index in [0.717, 1.165) is 16.1 Å². The molecule has 0 aliphatic heterocycles. The SMILES string of the molecule is Cc1ccc(S(=O)(=O)NCCNC(=O)c2ccc(Cl)c(N(C)S(C)(=O)=O)c2)cc1. The molecular formula is C18H22ClN3O5S2. The number of rotatable bonds is 8. The molecule has 0 aliphatic carbocycles. The largest absolute Gasteiger partial charge is 0.351 e. The van der Waals surface area contributed by atoms with E-state index in [4.69, 9.17) is 11.6 Å². The molecule has 8 nitrogen and oxygen atoms in total. The summed E-state index contributed by atoms with van der Waals surface area (Å²) in [4.78, 5) is 12.5. The number of aryl methyl sites for hydroxylation is 1. The molecule has 2 N–H and O–H groups in total. The number of hydrogen-bond donors (Lipinski definition) is 2. The highest BCUT2D eigenvalue weighted by molar-refractivity contribution is 7.92. The van der Waals surface area contributed by atoms with Crippen molar-refractivity contribution < 1.29 is 21.6 Å². The van der Waals surface area contributed by atoms with Crippen LogP contribution < -0.4 is 14.3 Å². The van der Waals surface area contributed by atoms with Gasteiger partial charge in [0, 0.05) is 25.7 Å². The van der Waals surface area contributed by atoms with Gasteiger partial charge in [-0.05, 0) is 37.3 Å². The summed E-state index contributed by atoms with van der Waals surface area (Å²) in [7, 11) is -5.89. The summed E-state index contributed by atoms with van der Waals surface area (Å²) in [6.07, 6.45) is 1.02. The van der Waals surface area contributed by atoms with Crippen molar-refractivity contribution in [2.75, 3.05) is 30.7 Å². The molecule has 2 rings (SSSR count). The number of carbonyl (C=O) groups is 1. The van der Waals surface area contributed by atoms with Gasteiger partial charge in [-0.15, -0.1) is 0 Å². The highest BCUT2D eigenvalue weighted by Gasteiger charge is 2.18. The number of halogens is 1. The summed E-state index contributed by atoms with van der Waals surface area (Å²) < 4.78 is 51.2. The summed E-state index contributed by atoms with van der Waals surface area (Å²) in [5, 5.41) is 2.76. The third-order valence-corrected chi connectivity index (χ3v) is 7.07. The minimum absolute atomic E-state index is 0.00829. The fourth-order valence-corrected chi connectivity index (χ4v) is 4.17. The average molecular weight is 460 g/mol. The summed E-state index contributed by atoms with van der Waals surface area (Å²) in [5.74, 6) is -0.487. The normalized spacial score (nSPS) is 11.9. The molecule has 0 heterocycles. The van der Waals surface area contributed by atoms with Crippen LogP contribution in [0.5, 0.6) is 0 Å². The predicted molar refractivity (Wildman–Crippen MR) is 113 cm³/mol.